The molecule has 2 heterocycles. The van der Waals surface area contributed by atoms with Gasteiger partial charge < -0.3 is 10.1 Å². The van der Waals surface area contributed by atoms with Crippen molar-refractivity contribution in [3.8, 4) is 0 Å². The minimum atomic E-state index is 0.459. The molecule has 3 nitrogen and oxygen atoms in total. The molecule has 1 N–H and O–H groups in total. The molecular weight excluding hydrogens is 224 g/mol. The number of hydrogen-bond donors (Lipinski definition) is 1. The molecule has 0 aliphatic carbocycles. The van der Waals surface area contributed by atoms with Crippen molar-refractivity contribution in [2.45, 2.75) is 32.0 Å². The maximum Gasteiger partial charge on any atom is 0.0700 e. The molecule has 0 aromatic heterocycles. The van der Waals surface area contributed by atoms with E-state index in [1.165, 1.54) is 24.0 Å². The number of benzene rings is 1. The monoisotopic (exact) mass is 246 g/mol. The molecule has 2 aliphatic heterocycles. The Hall–Kier alpha value is -0.900. The smallest absolute Gasteiger partial charge is 0.0700 e. The summed E-state index contributed by atoms with van der Waals surface area (Å²) in [6, 6.07) is 8.76. The van der Waals surface area contributed by atoms with Gasteiger partial charge in [0.05, 0.1) is 6.10 Å². The van der Waals surface area contributed by atoms with Gasteiger partial charge in [0.15, 0.2) is 0 Å². The molecule has 1 aromatic rings. The zero-order valence-corrected chi connectivity index (χ0v) is 10.9. The lowest BCUT2D eigenvalue weighted by atomic mass is 10.1. The molecule has 0 bridgehead atoms. The van der Waals surface area contributed by atoms with Crippen molar-refractivity contribution < 1.29 is 4.74 Å². The molecule has 0 saturated carbocycles. The summed E-state index contributed by atoms with van der Waals surface area (Å²) in [5.74, 6) is 0. The van der Waals surface area contributed by atoms with Gasteiger partial charge in [0.1, 0.15) is 0 Å². The SMILES string of the molecule is c1ccc2c(c1)CN(CCNCC1CCCO1)C2. The van der Waals surface area contributed by atoms with Gasteiger partial charge in [0.25, 0.3) is 0 Å². The topological polar surface area (TPSA) is 24.5 Å². The van der Waals surface area contributed by atoms with Crippen LogP contribution in [0.3, 0.4) is 0 Å². The van der Waals surface area contributed by atoms with Crippen LogP contribution < -0.4 is 5.32 Å². The Labute approximate surface area is 109 Å². The molecule has 1 aromatic carbocycles. The molecule has 1 unspecified atom stereocenters. The Balaban J connectivity index is 1.35. The fourth-order valence-electron chi connectivity index (χ4n) is 2.87. The van der Waals surface area contributed by atoms with E-state index in [1.807, 2.05) is 0 Å². The average Bonchev–Trinajstić information content (AvgIpc) is 3.03. The van der Waals surface area contributed by atoms with Crippen LogP contribution in [0, 0.1) is 0 Å². The number of hydrogen-bond acceptors (Lipinski definition) is 3. The molecule has 3 heteroatoms. The normalized spacial score (nSPS) is 23.4. The highest BCUT2D eigenvalue weighted by Crippen LogP contribution is 2.21. The molecule has 18 heavy (non-hydrogen) atoms. The summed E-state index contributed by atoms with van der Waals surface area (Å²) in [5, 5.41) is 3.51. The van der Waals surface area contributed by atoms with Crippen LogP contribution in [0.5, 0.6) is 0 Å². The molecule has 1 fully saturated rings. The lowest BCUT2D eigenvalue weighted by Gasteiger charge is -2.16. The van der Waals surface area contributed by atoms with Gasteiger partial charge in [-0.2, -0.15) is 0 Å². The van der Waals surface area contributed by atoms with Crippen molar-refractivity contribution in [3.63, 3.8) is 0 Å². The number of nitrogens with zero attached hydrogens (tertiary/aromatic N) is 1. The van der Waals surface area contributed by atoms with Gasteiger partial charge in [0.2, 0.25) is 0 Å². The van der Waals surface area contributed by atoms with Crippen LogP contribution in [0.2, 0.25) is 0 Å². The van der Waals surface area contributed by atoms with Crippen molar-refractivity contribution in [1.29, 1.82) is 0 Å². The number of fused-ring (bicyclic) bond motifs is 1. The van der Waals surface area contributed by atoms with Crippen LogP contribution in [0.4, 0.5) is 0 Å². The molecule has 1 atom stereocenters. The average molecular weight is 246 g/mol. The van der Waals surface area contributed by atoms with Crippen LogP contribution in [0.15, 0.2) is 24.3 Å². The molecular formula is C15H22N2O. The van der Waals surface area contributed by atoms with E-state index < -0.39 is 0 Å². The summed E-state index contributed by atoms with van der Waals surface area (Å²) in [6.07, 6.45) is 2.91. The van der Waals surface area contributed by atoms with Crippen LogP contribution in [0.1, 0.15) is 24.0 Å². The summed E-state index contributed by atoms with van der Waals surface area (Å²) < 4.78 is 5.60. The fourth-order valence-corrected chi connectivity index (χ4v) is 2.87. The zero-order chi connectivity index (χ0) is 12.2. The second-order valence-electron chi connectivity index (χ2n) is 5.32. The molecule has 0 spiro atoms. The first-order valence-corrected chi connectivity index (χ1v) is 7.03. The van der Waals surface area contributed by atoms with Gasteiger partial charge in [-0.05, 0) is 24.0 Å². The van der Waals surface area contributed by atoms with Gasteiger partial charge in [-0.1, -0.05) is 24.3 Å². The summed E-state index contributed by atoms with van der Waals surface area (Å²) in [4.78, 5) is 2.51. The van der Waals surface area contributed by atoms with Gasteiger partial charge >= 0.3 is 0 Å². The Morgan fingerprint density at radius 1 is 1.22 bits per heavy atom. The van der Waals surface area contributed by atoms with Crippen molar-refractivity contribution in [3.05, 3.63) is 35.4 Å². The van der Waals surface area contributed by atoms with Crippen LogP contribution >= 0.6 is 0 Å². The maximum atomic E-state index is 5.60. The summed E-state index contributed by atoms with van der Waals surface area (Å²) in [7, 11) is 0. The Morgan fingerprint density at radius 2 is 2.00 bits per heavy atom. The third-order valence-electron chi connectivity index (χ3n) is 3.91. The number of rotatable bonds is 5. The highest BCUT2D eigenvalue weighted by molar-refractivity contribution is 5.30. The van der Waals surface area contributed by atoms with Crippen molar-refractivity contribution in [2.75, 3.05) is 26.2 Å². The number of nitrogens with one attached hydrogen (secondary N) is 1. The van der Waals surface area contributed by atoms with Crippen LogP contribution in [0.25, 0.3) is 0 Å². The lowest BCUT2D eigenvalue weighted by molar-refractivity contribution is 0.109. The van der Waals surface area contributed by atoms with Crippen LogP contribution in [-0.4, -0.2) is 37.2 Å². The van der Waals surface area contributed by atoms with Gasteiger partial charge in [-0.25, -0.2) is 0 Å². The molecule has 0 amide bonds. The molecule has 2 aliphatic rings. The predicted octanol–water partition coefficient (Wildman–Crippen LogP) is 1.77. The van der Waals surface area contributed by atoms with E-state index in [4.69, 9.17) is 4.74 Å². The van der Waals surface area contributed by atoms with Gasteiger partial charge in [-0.15, -0.1) is 0 Å². The van der Waals surface area contributed by atoms with Gasteiger partial charge in [0, 0.05) is 39.3 Å². The first kappa shape index (κ1) is 12.2. The number of ether oxygens (including phenoxy) is 1. The molecule has 0 radical (unpaired) electrons. The van der Waals surface area contributed by atoms with Gasteiger partial charge in [-0.3, -0.25) is 4.90 Å². The van der Waals surface area contributed by atoms with E-state index in [-0.39, 0.29) is 0 Å². The standard InChI is InChI=1S/C15H22N2O/c1-2-5-14-12-17(11-13(14)4-1)8-7-16-10-15-6-3-9-18-15/h1-2,4-5,15-16H,3,6-12H2. The van der Waals surface area contributed by atoms with E-state index in [0.29, 0.717) is 6.10 Å². The maximum absolute atomic E-state index is 5.60. The molecule has 3 rings (SSSR count). The Kier molecular flexibility index (Phi) is 3.93. The van der Waals surface area contributed by atoms with E-state index in [0.717, 1.165) is 39.3 Å². The Bertz CT molecular complexity index is 363. The second kappa shape index (κ2) is 5.83. The highest BCUT2D eigenvalue weighted by Gasteiger charge is 2.18. The first-order chi connectivity index (χ1) is 8.92. The third-order valence-corrected chi connectivity index (χ3v) is 3.91. The Morgan fingerprint density at radius 3 is 2.67 bits per heavy atom. The van der Waals surface area contributed by atoms with E-state index >= 15 is 0 Å². The first-order valence-electron chi connectivity index (χ1n) is 7.03. The summed E-state index contributed by atoms with van der Waals surface area (Å²) >= 11 is 0. The van der Waals surface area contributed by atoms with E-state index in [2.05, 4.69) is 34.5 Å². The summed E-state index contributed by atoms with van der Waals surface area (Å²) in [6.45, 7) is 6.37. The zero-order valence-electron chi connectivity index (χ0n) is 10.9. The molecule has 1 saturated heterocycles. The lowest BCUT2D eigenvalue weighted by Crippen LogP contribution is -2.33. The minimum Gasteiger partial charge on any atom is -0.377 e. The highest BCUT2D eigenvalue weighted by atomic mass is 16.5. The van der Waals surface area contributed by atoms with Crippen molar-refractivity contribution >= 4 is 0 Å². The fraction of sp³-hybridized carbons (Fsp3) is 0.600. The quantitative estimate of drug-likeness (QED) is 0.801. The minimum absolute atomic E-state index is 0.459. The van der Waals surface area contributed by atoms with E-state index in [1.54, 1.807) is 0 Å². The van der Waals surface area contributed by atoms with Crippen molar-refractivity contribution in [2.24, 2.45) is 0 Å². The summed E-state index contributed by atoms with van der Waals surface area (Å²) in [5.41, 5.74) is 2.99. The second-order valence-corrected chi connectivity index (χ2v) is 5.32. The third kappa shape index (κ3) is 2.91. The van der Waals surface area contributed by atoms with Crippen LogP contribution in [-0.2, 0) is 17.8 Å². The van der Waals surface area contributed by atoms with Crippen molar-refractivity contribution in [1.82, 2.24) is 10.2 Å². The molecule has 98 valence electrons. The van der Waals surface area contributed by atoms with E-state index in [9.17, 15) is 0 Å². The largest absolute Gasteiger partial charge is 0.377 e. The predicted molar refractivity (Wildman–Crippen MR) is 72.4 cm³/mol.